The van der Waals surface area contributed by atoms with Gasteiger partial charge < -0.3 is 13.7 Å². The molecule has 0 N–H and O–H groups in total. The summed E-state index contributed by atoms with van der Waals surface area (Å²) in [5.41, 5.74) is 1.05. The van der Waals surface area contributed by atoms with Crippen molar-refractivity contribution >= 4 is 37.6 Å². The van der Waals surface area contributed by atoms with Crippen molar-refractivity contribution in [2.24, 2.45) is 10.8 Å². The molecule has 0 saturated heterocycles. The number of nitrogens with zero attached hydrogens (tertiary/aromatic N) is 2. The molecule has 9 heteroatoms. The van der Waals surface area contributed by atoms with Crippen LogP contribution in [0.2, 0.25) is 18.1 Å². The van der Waals surface area contributed by atoms with Gasteiger partial charge in [0.15, 0.2) is 9.04 Å². The highest BCUT2D eigenvalue weighted by Gasteiger charge is 2.42. The minimum Gasteiger partial charge on any atom is -0.462 e. The summed E-state index contributed by atoms with van der Waals surface area (Å²) in [7, 11) is -1.50. The second kappa shape index (κ2) is 12.1. The average Bonchev–Trinajstić information content (AvgIpc) is 2.82. The van der Waals surface area contributed by atoms with Gasteiger partial charge in [-0.1, -0.05) is 65.3 Å². The van der Waals surface area contributed by atoms with Crippen LogP contribution < -0.4 is 5.43 Å². The van der Waals surface area contributed by atoms with Crippen LogP contribution >= 0.6 is 11.6 Å². The van der Waals surface area contributed by atoms with Crippen LogP contribution in [-0.2, 0) is 15.6 Å². The van der Waals surface area contributed by atoms with Gasteiger partial charge in [-0.3, -0.25) is 4.79 Å². The number of aryl methyl sites for hydroxylation is 1. The number of carbonyl (C=O) groups excluding carboxylic acids is 1. The Hall–Kier alpha value is -2.55. The van der Waals surface area contributed by atoms with Crippen molar-refractivity contribution in [1.82, 2.24) is 9.55 Å². The van der Waals surface area contributed by atoms with Gasteiger partial charge in [0, 0.05) is 18.3 Å². The van der Waals surface area contributed by atoms with E-state index in [1.807, 2.05) is 11.5 Å². The lowest BCUT2D eigenvalue weighted by molar-refractivity contribution is -0.00464. The SMILES string of the molecule is CCOC(=O)c1cn([C@H](C(O[SiH](C)C)C(C)(C)C)C(C)(C)C)c2nc(C)c(Cc3cccc(Cl)c3F)cc2c1=O. The summed E-state index contributed by atoms with van der Waals surface area (Å²) >= 11 is 6.02. The van der Waals surface area contributed by atoms with Crippen molar-refractivity contribution in [2.45, 2.75) is 87.1 Å². The summed E-state index contributed by atoms with van der Waals surface area (Å²) < 4.78 is 28.7. The topological polar surface area (TPSA) is 70.4 Å². The fraction of sp³-hybridized carbons (Fsp3) is 0.516. The van der Waals surface area contributed by atoms with Crippen LogP contribution in [0.4, 0.5) is 4.39 Å². The number of hydrogen-bond donors (Lipinski definition) is 0. The maximum Gasteiger partial charge on any atom is 0.343 e. The molecule has 218 valence electrons. The number of aromatic nitrogens is 2. The molecule has 3 aromatic rings. The molecule has 2 heterocycles. The Kier molecular flexibility index (Phi) is 9.69. The lowest BCUT2D eigenvalue weighted by Crippen LogP contribution is -2.46. The molecular formula is C31H42ClFN2O4Si. The molecule has 0 amide bonds. The summed E-state index contributed by atoms with van der Waals surface area (Å²) in [6, 6.07) is 6.30. The van der Waals surface area contributed by atoms with Gasteiger partial charge in [0.25, 0.3) is 0 Å². The van der Waals surface area contributed by atoms with E-state index < -0.39 is 26.3 Å². The number of pyridine rings is 2. The molecule has 0 aliphatic heterocycles. The van der Waals surface area contributed by atoms with Gasteiger partial charge in [-0.15, -0.1) is 0 Å². The second-order valence-corrected chi connectivity index (χ2v) is 15.6. The van der Waals surface area contributed by atoms with E-state index in [-0.39, 0.29) is 52.0 Å². The van der Waals surface area contributed by atoms with Crippen LogP contribution in [0, 0.1) is 23.6 Å². The van der Waals surface area contributed by atoms with Crippen LogP contribution in [0.5, 0.6) is 0 Å². The molecule has 0 radical (unpaired) electrons. The molecule has 0 aliphatic rings. The van der Waals surface area contributed by atoms with Crippen LogP contribution in [-0.4, -0.2) is 37.3 Å². The van der Waals surface area contributed by atoms with Crippen molar-refractivity contribution in [3.05, 3.63) is 73.9 Å². The van der Waals surface area contributed by atoms with Crippen LogP contribution in [0.15, 0.2) is 35.3 Å². The van der Waals surface area contributed by atoms with E-state index in [2.05, 4.69) is 54.6 Å². The number of hydrogen-bond acceptors (Lipinski definition) is 5. The van der Waals surface area contributed by atoms with E-state index in [4.69, 9.17) is 25.7 Å². The largest absolute Gasteiger partial charge is 0.462 e. The monoisotopic (exact) mass is 588 g/mol. The molecule has 2 atom stereocenters. The molecule has 6 nitrogen and oxygen atoms in total. The maximum atomic E-state index is 14.8. The molecule has 3 rings (SSSR count). The Morgan fingerprint density at radius 1 is 1.12 bits per heavy atom. The molecule has 0 aliphatic carbocycles. The Bertz CT molecular complexity index is 1460. The quantitative estimate of drug-likeness (QED) is 0.204. The Morgan fingerprint density at radius 3 is 2.33 bits per heavy atom. The maximum absolute atomic E-state index is 14.8. The molecular weight excluding hydrogens is 547 g/mol. The van der Waals surface area contributed by atoms with Crippen LogP contribution in [0.1, 0.15) is 81.7 Å². The molecule has 0 fully saturated rings. The Balaban J connectivity index is 2.41. The van der Waals surface area contributed by atoms with Gasteiger partial charge >= 0.3 is 5.97 Å². The summed E-state index contributed by atoms with van der Waals surface area (Å²) in [5.74, 6) is -1.19. The number of carbonyl (C=O) groups is 1. The first kappa shape index (κ1) is 32.0. The number of ether oxygens (including phenoxy) is 1. The third-order valence-electron chi connectivity index (χ3n) is 6.95. The number of halogens is 2. The molecule has 0 bridgehead atoms. The minimum absolute atomic E-state index is 0.0331. The first-order chi connectivity index (χ1) is 18.5. The van der Waals surface area contributed by atoms with Gasteiger partial charge in [0.1, 0.15) is 17.0 Å². The zero-order valence-corrected chi connectivity index (χ0v) is 27.2. The fourth-order valence-corrected chi connectivity index (χ4v) is 6.44. The molecule has 2 aromatic heterocycles. The van der Waals surface area contributed by atoms with Gasteiger partial charge in [-0.05, 0) is 61.0 Å². The van der Waals surface area contributed by atoms with E-state index in [0.717, 1.165) is 0 Å². The molecule has 0 saturated carbocycles. The third kappa shape index (κ3) is 6.83. The smallest absolute Gasteiger partial charge is 0.343 e. The first-order valence-corrected chi connectivity index (χ1v) is 16.9. The zero-order chi connectivity index (χ0) is 30.2. The standard InChI is InChI=1S/C31H42ClFN2O4Si/c1-11-38-29(37)22-17-35(26(30(3,4)5)27(31(6,7)8)39-40(9)10)28-21(25(22)36)16-20(18(2)34-28)15-19-13-12-14-23(32)24(19)33/h12-14,16-17,26-27,40H,11,15H2,1-10H3/t26-,27?/m1/s1. The number of fused-ring (bicyclic) bond motifs is 1. The van der Waals surface area contributed by atoms with E-state index in [9.17, 15) is 14.0 Å². The summed E-state index contributed by atoms with van der Waals surface area (Å²) in [5, 5.41) is 0.308. The van der Waals surface area contributed by atoms with E-state index in [1.165, 1.54) is 6.07 Å². The number of benzene rings is 1. The van der Waals surface area contributed by atoms with Crippen molar-refractivity contribution in [3.8, 4) is 0 Å². The second-order valence-electron chi connectivity index (χ2n) is 12.8. The highest BCUT2D eigenvalue weighted by molar-refractivity contribution is 6.48. The fourth-order valence-electron chi connectivity index (χ4n) is 5.10. The van der Waals surface area contributed by atoms with Crippen molar-refractivity contribution in [3.63, 3.8) is 0 Å². The minimum atomic E-state index is -1.50. The average molecular weight is 589 g/mol. The van der Waals surface area contributed by atoms with Gasteiger partial charge in [-0.2, -0.15) is 0 Å². The van der Waals surface area contributed by atoms with Crippen LogP contribution in [0.3, 0.4) is 0 Å². The van der Waals surface area contributed by atoms with Crippen molar-refractivity contribution in [2.75, 3.05) is 6.61 Å². The van der Waals surface area contributed by atoms with Crippen LogP contribution in [0.25, 0.3) is 11.0 Å². The van der Waals surface area contributed by atoms with E-state index >= 15 is 0 Å². The third-order valence-corrected chi connectivity index (χ3v) is 8.08. The normalized spacial score (nSPS) is 14.0. The lowest BCUT2D eigenvalue weighted by atomic mass is 9.74. The predicted octanol–water partition coefficient (Wildman–Crippen LogP) is 7.27. The van der Waals surface area contributed by atoms with E-state index in [1.54, 1.807) is 31.3 Å². The molecule has 40 heavy (non-hydrogen) atoms. The summed E-state index contributed by atoms with van der Waals surface area (Å²) in [6.45, 7) is 20.7. The Labute approximate surface area is 243 Å². The van der Waals surface area contributed by atoms with Gasteiger partial charge in [-0.25, -0.2) is 14.2 Å². The van der Waals surface area contributed by atoms with Crippen molar-refractivity contribution < 1.29 is 18.3 Å². The van der Waals surface area contributed by atoms with Crippen molar-refractivity contribution in [1.29, 1.82) is 0 Å². The number of rotatable bonds is 8. The highest BCUT2D eigenvalue weighted by atomic mass is 35.5. The Morgan fingerprint density at radius 2 is 1.77 bits per heavy atom. The molecule has 1 aromatic carbocycles. The first-order valence-electron chi connectivity index (χ1n) is 13.8. The van der Waals surface area contributed by atoms with Gasteiger partial charge in [0.05, 0.1) is 29.2 Å². The number of esters is 1. The molecule has 1 unspecified atom stereocenters. The summed E-state index contributed by atoms with van der Waals surface area (Å²) in [6.07, 6.45) is 1.55. The predicted molar refractivity (Wildman–Crippen MR) is 163 cm³/mol. The molecule has 0 spiro atoms. The highest BCUT2D eigenvalue weighted by Crippen LogP contribution is 2.43. The van der Waals surface area contributed by atoms with Gasteiger partial charge in [0.2, 0.25) is 5.43 Å². The summed E-state index contributed by atoms with van der Waals surface area (Å²) in [4.78, 5) is 31.8. The van der Waals surface area contributed by atoms with E-state index in [0.29, 0.717) is 22.5 Å². The lowest BCUT2D eigenvalue weighted by Gasteiger charge is -2.45. The zero-order valence-electron chi connectivity index (χ0n) is 25.3.